The highest BCUT2D eigenvalue weighted by Crippen LogP contribution is 2.35. The largest absolute Gasteiger partial charge is 0.468 e. The smallest absolute Gasteiger partial charge is 0.326 e. The Kier molecular flexibility index (Phi) is 4.81. The van der Waals surface area contributed by atoms with Gasteiger partial charge < -0.3 is 14.8 Å². The number of likely N-dealkylation sites (N-methyl/N-ethyl adjacent to an activating group) is 1. The van der Waals surface area contributed by atoms with E-state index in [0.29, 0.717) is 12.1 Å². The average molecular weight is 270 g/mol. The monoisotopic (exact) mass is 270 g/mol. The number of carbonyl (C=O) groups excluding carboxylic acids is 1. The van der Waals surface area contributed by atoms with Gasteiger partial charge in [-0.1, -0.05) is 0 Å². The van der Waals surface area contributed by atoms with Crippen LogP contribution < -0.4 is 5.32 Å². The molecule has 1 aliphatic heterocycles. The normalized spacial score (nSPS) is 36.4. The van der Waals surface area contributed by atoms with Gasteiger partial charge in [0, 0.05) is 19.7 Å². The van der Waals surface area contributed by atoms with E-state index in [9.17, 15) is 4.79 Å². The third-order valence-electron chi connectivity index (χ3n) is 4.80. The van der Waals surface area contributed by atoms with E-state index in [1.165, 1.54) is 13.5 Å². The molecule has 2 rings (SSSR count). The Morgan fingerprint density at radius 3 is 2.79 bits per heavy atom. The minimum absolute atomic E-state index is 0.127. The molecule has 0 aromatic carbocycles. The lowest BCUT2D eigenvalue weighted by atomic mass is 9.97. The molecule has 2 aliphatic rings. The number of hydrogen-bond acceptors (Lipinski definition) is 5. The minimum atomic E-state index is -0.487. The number of nitrogens with one attached hydrogen (secondary N) is 1. The molecule has 1 aliphatic carbocycles. The van der Waals surface area contributed by atoms with E-state index in [1.807, 2.05) is 7.05 Å². The van der Waals surface area contributed by atoms with Crippen LogP contribution in [-0.2, 0) is 14.3 Å². The highest BCUT2D eigenvalue weighted by molar-refractivity contribution is 5.81. The molecule has 0 aromatic rings. The highest BCUT2D eigenvalue weighted by Gasteiger charge is 2.47. The molecule has 0 bridgehead atoms. The molecule has 110 valence electrons. The van der Waals surface area contributed by atoms with Crippen LogP contribution in [0, 0.1) is 0 Å². The first-order chi connectivity index (χ1) is 9.15. The van der Waals surface area contributed by atoms with Crippen LogP contribution in [0.15, 0.2) is 0 Å². The fraction of sp³-hybridized carbons (Fsp3) is 0.929. The van der Waals surface area contributed by atoms with Crippen molar-refractivity contribution in [1.29, 1.82) is 0 Å². The summed E-state index contributed by atoms with van der Waals surface area (Å²) in [5.74, 6) is -0.127. The SMILES string of the molecule is CNC1(C(=O)OC)CCC(N2CCCC(OC)C2)C1. The van der Waals surface area contributed by atoms with Crippen molar-refractivity contribution in [1.82, 2.24) is 10.2 Å². The van der Waals surface area contributed by atoms with Crippen molar-refractivity contribution >= 4 is 5.97 Å². The van der Waals surface area contributed by atoms with Gasteiger partial charge in [0.05, 0.1) is 13.2 Å². The molecule has 0 amide bonds. The van der Waals surface area contributed by atoms with Gasteiger partial charge >= 0.3 is 5.97 Å². The van der Waals surface area contributed by atoms with Crippen molar-refractivity contribution in [3.05, 3.63) is 0 Å². The number of hydrogen-bond donors (Lipinski definition) is 1. The van der Waals surface area contributed by atoms with Crippen molar-refractivity contribution in [2.75, 3.05) is 34.4 Å². The lowest BCUT2D eigenvalue weighted by Crippen LogP contribution is -2.51. The molecule has 5 nitrogen and oxygen atoms in total. The Morgan fingerprint density at radius 2 is 2.16 bits per heavy atom. The number of piperidine rings is 1. The first-order valence-corrected chi connectivity index (χ1v) is 7.19. The van der Waals surface area contributed by atoms with E-state index in [-0.39, 0.29) is 5.97 Å². The van der Waals surface area contributed by atoms with Crippen molar-refractivity contribution in [3.63, 3.8) is 0 Å². The molecule has 0 radical (unpaired) electrons. The Morgan fingerprint density at radius 1 is 1.37 bits per heavy atom. The molecule has 1 saturated heterocycles. The summed E-state index contributed by atoms with van der Waals surface area (Å²) in [6, 6.07) is 0.462. The van der Waals surface area contributed by atoms with Crippen LogP contribution in [-0.4, -0.2) is 62.9 Å². The van der Waals surface area contributed by atoms with Gasteiger partial charge in [0.1, 0.15) is 5.54 Å². The number of carbonyl (C=O) groups is 1. The maximum atomic E-state index is 12.0. The molecule has 0 spiro atoms. The Balaban J connectivity index is 1.98. The van der Waals surface area contributed by atoms with Gasteiger partial charge in [-0.25, -0.2) is 0 Å². The van der Waals surface area contributed by atoms with E-state index in [4.69, 9.17) is 9.47 Å². The van der Waals surface area contributed by atoms with Gasteiger partial charge in [-0.05, 0) is 45.7 Å². The molecule has 3 unspecified atom stereocenters. The van der Waals surface area contributed by atoms with Crippen molar-refractivity contribution in [2.24, 2.45) is 0 Å². The zero-order valence-corrected chi connectivity index (χ0v) is 12.3. The van der Waals surface area contributed by atoms with Crippen LogP contribution in [0.5, 0.6) is 0 Å². The van der Waals surface area contributed by atoms with E-state index >= 15 is 0 Å². The fourth-order valence-electron chi connectivity index (χ4n) is 3.53. The van der Waals surface area contributed by atoms with Crippen molar-refractivity contribution in [3.8, 4) is 0 Å². The molecule has 3 atom stereocenters. The maximum absolute atomic E-state index is 12.0. The van der Waals surface area contributed by atoms with Crippen molar-refractivity contribution < 1.29 is 14.3 Å². The first-order valence-electron chi connectivity index (χ1n) is 7.19. The molecule has 1 N–H and O–H groups in total. The van der Waals surface area contributed by atoms with Crippen LogP contribution in [0.4, 0.5) is 0 Å². The standard InChI is InChI=1S/C14H26N2O3/c1-15-14(13(17)19-3)7-6-11(9-14)16-8-4-5-12(10-16)18-2/h11-12,15H,4-10H2,1-3H3. The summed E-state index contributed by atoms with van der Waals surface area (Å²) in [6.45, 7) is 2.10. The quantitative estimate of drug-likeness (QED) is 0.765. The molecule has 1 saturated carbocycles. The fourth-order valence-corrected chi connectivity index (χ4v) is 3.53. The summed E-state index contributed by atoms with van der Waals surface area (Å²) >= 11 is 0. The molecule has 5 heteroatoms. The number of methoxy groups -OCH3 is 2. The number of likely N-dealkylation sites (tertiary alicyclic amines) is 1. The molecule has 19 heavy (non-hydrogen) atoms. The zero-order chi connectivity index (χ0) is 13.9. The van der Waals surface area contributed by atoms with Crippen LogP contribution in [0.3, 0.4) is 0 Å². The van der Waals surface area contributed by atoms with Gasteiger partial charge in [-0.15, -0.1) is 0 Å². The average Bonchev–Trinajstić information content (AvgIpc) is 2.92. The summed E-state index contributed by atoms with van der Waals surface area (Å²) in [5, 5.41) is 3.19. The number of rotatable bonds is 4. The second-order valence-corrected chi connectivity index (χ2v) is 5.72. The van der Waals surface area contributed by atoms with Gasteiger partial charge in [0.2, 0.25) is 0 Å². The predicted octanol–water partition coefficient (Wildman–Crippen LogP) is 0.781. The van der Waals surface area contributed by atoms with E-state index < -0.39 is 5.54 Å². The van der Waals surface area contributed by atoms with Gasteiger partial charge in [-0.2, -0.15) is 0 Å². The summed E-state index contributed by atoms with van der Waals surface area (Å²) in [5.41, 5.74) is -0.487. The lowest BCUT2D eigenvalue weighted by molar-refractivity contribution is -0.148. The van der Waals surface area contributed by atoms with Gasteiger partial charge in [-0.3, -0.25) is 9.69 Å². The Labute approximate surface area is 115 Å². The van der Waals surface area contributed by atoms with Crippen LogP contribution in [0.25, 0.3) is 0 Å². The second kappa shape index (κ2) is 6.20. The van der Waals surface area contributed by atoms with Gasteiger partial charge in [0.25, 0.3) is 0 Å². The molecular weight excluding hydrogens is 244 g/mol. The zero-order valence-electron chi connectivity index (χ0n) is 12.3. The maximum Gasteiger partial charge on any atom is 0.326 e. The Hall–Kier alpha value is -0.650. The summed E-state index contributed by atoms with van der Waals surface area (Å²) in [6.07, 6.45) is 5.42. The van der Waals surface area contributed by atoms with E-state index in [1.54, 1.807) is 7.11 Å². The third kappa shape index (κ3) is 2.93. The van der Waals surface area contributed by atoms with E-state index in [2.05, 4.69) is 10.2 Å². The van der Waals surface area contributed by atoms with Crippen LogP contribution in [0.2, 0.25) is 0 Å². The van der Waals surface area contributed by atoms with E-state index in [0.717, 1.165) is 38.8 Å². The third-order valence-corrected chi connectivity index (χ3v) is 4.80. The van der Waals surface area contributed by atoms with Gasteiger partial charge in [0.15, 0.2) is 0 Å². The minimum Gasteiger partial charge on any atom is -0.468 e. The Bertz CT molecular complexity index is 324. The number of ether oxygens (including phenoxy) is 2. The van der Waals surface area contributed by atoms with Crippen LogP contribution in [0.1, 0.15) is 32.1 Å². The molecule has 2 fully saturated rings. The summed E-state index contributed by atoms with van der Waals surface area (Å²) in [7, 11) is 5.11. The number of nitrogens with zero attached hydrogens (tertiary/aromatic N) is 1. The highest BCUT2D eigenvalue weighted by atomic mass is 16.5. The first kappa shape index (κ1) is 14.8. The molecule has 1 heterocycles. The second-order valence-electron chi connectivity index (χ2n) is 5.72. The topological polar surface area (TPSA) is 50.8 Å². The summed E-state index contributed by atoms with van der Waals surface area (Å²) < 4.78 is 10.4. The van der Waals surface area contributed by atoms with Crippen molar-refractivity contribution in [2.45, 2.75) is 49.8 Å². The molecular formula is C14H26N2O3. The molecule has 0 aromatic heterocycles. The lowest BCUT2D eigenvalue weighted by Gasteiger charge is -2.37. The number of esters is 1. The van der Waals surface area contributed by atoms with Crippen LogP contribution >= 0.6 is 0 Å². The predicted molar refractivity (Wildman–Crippen MR) is 73.0 cm³/mol. The summed E-state index contributed by atoms with van der Waals surface area (Å²) in [4.78, 5) is 14.5.